The molecule has 94 valence electrons. The fourth-order valence-corrected chi connectivity index (χ4v) is 2.64. The normalized spacial score (nSPS) is 12.4. The van der Waals surface area contributed by atoms with Crippen molar-refractivity contribution in [3.05, 3.63) is 68.6 Å². The van der Waals surface area contributed by atoms with Crippen LogP contribution in [0.15, 0.2) is 57.5 Å². The van der Waals surface area contributed by atoms with Gasteiger partial charge < -0.3 is 5.32 Å². The molecule has 0 unspecified atom stereocenters. The molecule has 2 aromatic carbocycles. The van der Waals surface area contributed by atoms with E-state index in [9.17, 15) is 0 Å². The molecule has 0 saturated carbocycles. The highest BCUT2D eigenvalue weighted by atomic mass is 79.9. The number of nitrogens with one attached hydrogen (secondary N) is 1. The van der Waals surface area contributed by atoms with Crippen LogP contribution in [0, 0.1) is 0 Å². The van der Waals surface area contributed by atoms with E-state index in [0.29, 0.717) is 6.04 Å². The number of rotatable bonds is 4. The Balaban J connectivity index is 2.00. The van der Waals surface area contributed by atoms with Crippen LogP contribution in [0.25, 0.3) is 0 Å². The van der Waals surface area contributed by atoms with Gasteiger partial charge in [-0.25, -0.2) is 0 Å². The molecule has 2 aromatic rings. The lowest BCUT2D eigenvalue weighted by Gasteiger charge is -2.15. The Morgan fingerprint density at radius 2 is 1.83 bits per heavy atom. The highest BCUT2D eigenvalue weighted by Gasteiger charge is 2.06. The highest BCUT2D eigenvalue weighted by molar-refractivity contribution is 9.10. The predicted octanol–water partition coefficient (Wildman–Crippen LogP) is 5.06. The van der Waals surface area contributed by atoms with Gasteiger partial charge in [-0.15, -0.1) is 0 Å². The first-order valence-electron chi connectivity index (χ1n) is 5.89. The van der Waals surface area contributed by atoms with Crippen molar-refractivity contribution in [2.75, 3.05) is 0 Å². The van der Waals surface area contributed by atoms with Crippen LogP contribution in [0.5, 0.6) is 0 Å². The lowest BCUT2D eigenvalue weighted by molar-refractivity contribution is 0.573. The van der Waals surface area contributed by atoms with Crippen LogP contribution >= 0.6 is 31.9 Å². The van der Waals surface area contributed by atoms with E-state index in [-0.39, 0.29) is 0 Å². The van der Waals surface area contributed by atoms with Gasteiger partial charge in [0.15, 0.2) is 0 Å². The van der Waals surface area contributed by atoms with Crippen molar-refractivity contribution in [3.63, 3.8) is 0 Å². The third-order valence-electron chi connectivity index (χ3n) is 2.91. The molecule has 0 saturated heterocycles. The SMILES string of the molecule is C[C@H](NCc1ccccc1Br)c1cccc(Br)c1. The molecular formula is C15H15Br2N. The highest BCUT2D eigenvalue weighted by Crippen LogP contribution is 2.20. The zero-order chi connectivity index (χ0) is 13.0. The molecule has 0 fully saturated rings. The van der Waals surface area contributed by atoms with E-state index in [1.165, 1.54) is 11.1 Å². The van der Waals surface area contributed by atoms with Gasteiger partial charge in [-0.2, -0.15) is 0 Å². The van der Waals surface area contributed by atoms with Crippen molar-refractivity contribution in [1.29, 1.82) is 0 Å². The zero-order valence-corrected chi connectivity index (χ0v) is 13.3. The minimum absolute atomic E-state index is 0.328. The van der Waals surface area contributed by atoms with Gasteiger partial charge in [-0.3, -0.25) is 0 Å². The molecule has 0 aromatic heterocycles. The molecule has 0 aliphatic carbocycles. The smallest absolute Gasteiger partial charge is 0.0295 e. The Labute approximate surface area is 125 Å². The van der Waals surface area contributed by atoms with E-state index >= 15 is 0 Å². The van der Waals surface area contributed by atoms with E-state index < -0.39 is 0 Å². The quantitative estimate of drug-likeness (QED) is 0.794. The summed E-state index contributed by atoms with van der Waals surface area (Å²) in [7, 11) is 0. The molecule has 0 spiro atoms. The summed E-state index contributed by atoms with van der Waals surface area (Å²) in [6.07, 6.45) is 0. The van der Waals surface area contributed by atoms with Crippen LogP contribution in [0.2, 0.25) is 0 Å². The first-order chi connectivity index (χ1) is 8.66. The molecule has 18 heavy (non-hydrogen) atoms. The minimum atomic E-state index is 0.328. The lowest BCUT2D eigenvalue weighted by Crippen LogP contribution is -2.18. The van der Waals surface area contributed by atoms with Crippen molar-refractivity contribution in [3.8, 4) is 0 Å². The summed E-state index contributed by atoms with van der Waals surface area (Å²) in [6, 6.07) is 17.0. The summed E-state index contributed by atoms with van der Waals surface area (Å²) in [6.45, 7) is 3.04. The van der Waals surface area contributed by atoms with Gasteiger partial charge in [0.05, 0.1) is 0 Å². The van der Waals surface area contributed by atoms with Crippen LogP contribution in [-0.2, 0) is 6.54 Å². The van der Waals surface area contributed by atoms with Gasteiger partial charge in [0.25, 0.3) is 0 Å². The van der Waals surface area contributed by atoms with Crippen molar-refractivity contribution in [1.82, 2.24) is 5.32 Å². The second kappa shape index (κ2) is 6.50. The molecule has 3 heteroatoms. The second-order valence-electron chi connectivity index (χ2n) is 4.25. The van der Waals surface area contributed by atoms with Crippen molar-refractivity contribution in [2.24, 2.45) is 0 Å². The number of hydrogen-bond donors (Lipinski definition) is 1. The van der Waals surface area contributed by atoms with Crippen LogP contribution in [0.3, 0.4) is 0 Å². The van der Waals surface area contributed by atoms with Gasteiger partial charge in [0.1, 0.15) is 0 Å². The molecular weight excluding hydrogens is 354 g/mol. The van der Waals surface area contributed by atoms with Gasteiger partial charge in [-0.1, -0.05) is 62.2 Å². The number of halogens is 2. The largest absolute Gasteiger partial charge is 0.306 e. The van der Waals surface area contributed by atoms with Crippen LogP contribution in [0.4, 0.5) is 0 Å². The van der Waals surface area contributed by atoms with Crippen molar-refractivity contribution >= 4 is 31.9 Å². The fourth-order valence-electron chi connectivity index (χ4n) is 1.80. The average molecular weight is 369 g/mol. The summed E-state index contributed by atoms with van der Waals surface area (Å²) in [5.74, 6) is 0. The third-order valence-corrected chi connectivity index (χ3v) is 4.17. The fraction of sp³-hybridized carbons (Fsp3) is 0.200. The summed E-state index contributed by atoms with van der Waals surface area (Å²) in [5, 5.41) is 3.53. The van der Waals surface area contributed by atoms with Crippen molar-refractivity contribution < 1.29 is 0 Å². The van der Waals surface area contributed by atoms with Crippen LogP contribution < -0.4 is 5.32 Å². The van der Waals surface area contributed by atoms with Gasteiger partial charge in [0.2, 0.25) is 0 Å². The topological polar surface area (TPSA) is 12.0 Å². The molecule has 0 radical (unpaired) electrons. The molecule has 0 amide bonds. The number of hydrogen-bond acceptors (Lipinski definition) is 1. The first kappa shape index (κ1) is 13.8. The molecule has 1 N–H and O–H groups in total. The van der Waals surface area contributed by atoms with E-state index in [4.69, 9.17) is 0 Å². The van der Waals surface area contributed by atoms with E-state index in [1.54, 1.807) is 0 Å². The molecule has 2 rings (SSSR count). The summed E-state index contributed by atoms with van der Waals surface area (Å²) in [5.41, 5.74) is 2.57. The Bertz CT molecular complexity index is 525. The molecule has 1 nitrogen and oxygen atoms in total. The summed E-state index contributed by atoms with van der Waals surface area (Å²) < 4.78 is 2.27. The molecule has 0 aliphatic rings. The third kappa shape index (κ3) is 3.67. The van der Waals surface area contributed by atoms with E-state index in [0.717, 1.165) is 15.5 Å². The minimum Gasteiger partial charge on any atom is -0.306 e. The van der Waals surface area contributed by atoms with Gasteiger partial charge >= 0.3 is 0 Å². The molecule has 0 heterocycles. The average Bonchev–Trinajstić information content (AvgIpc) is 2.37. The van der Waals surface area contributed by atoms with Crippen LogP contribution in [0.1, 0.15) is 24.1 Å². The molecule has 0 bridgehead atoms. The first-order valence-corrected chi connectivity index (χ1v) is 7.47. The standard InChI is InChI=1S/C15H15Br2N/c1-11(12-6-4-7-14(16)9-12)18-10-13-5-2-3-8-15(13)17/h2-9,11,18H,10H2,1H3/t11-/m0/s1. The Hall–Kier alpha value is -0.640. The molecule has 1 atom stereocenters. The Morgan fingerprint density at radius 3 is 2.56 bits per heavy atom. The summed E-state index contributed by atoms with van der Waals surface area (Å²) >= 11 is 7.07. The maximum atomic E-state index is 3.57. The summed E-state index contributed by atoms with van der Waals surface area (Å²) in [4.78, 5) is 0. The zero-order valence-electron chi connectivity index (χ0n) is 10.2. The van der Waals surface area contributed by atoms with E-state index in [2.05, 4.69) is 80.5 Å². The Morgan fingerprint density at radius 1 is 1.06 bits per heavy atom. The van der Waals surface area contributed by atoms with Gasteiger partial charge in [-0.05, 0) is 36.2 Å². The maximum absolute atomic E-state index is 3.57. The second-order valence-corrected chi connectivity index (χ2v) is 6.02. The number of benzene rings is 2. The van der Waals surface area contributed by atoms with Gasteiger partial charge in [0, 0.05) is 21.5 Å². The van der Waals surface area contributed by atoms with E-state index in [1.807, 2.05) is 12.1 Å². The van der Waals surface area contributed by atoms with Crippen molar-refractivity contribution in [2.45, 2.75) is 19.5 Å². The molecule has 0 aliphatic heterocycles. The van der Waals surface area contributed by atoms with Crippen LogP contribution in [-0.4, -0.2) is 0 Å². The predicted molar refractivity (Wildman–Crippen MR) is 83.5 cm³/mol. The maximum Gasteiger partial charge on any atom is 0.0295 e. The Kier molecular flexibility index (Phi) is 4.98. The lowest BCUT2D eigenvalue weighted by atomic mass is 10.1. The monoisotopic (exact) mass is 367 g/mol.